The van der Waals surface area contributed by atoms with Crippen molar-refractivity contribution in [2.75, 3.05) is 6.61 Å². The Bertz CT molecular complexity index is 574. The second kappa shape index (κ2) is 5.81. The van der Waals surface area contributed by atoms with Crippen molar-refractivity contribution in [3.63, 3.8) is 0 Å². The Morgan fingerprint density at radius 2 is 2.15 bits per heavy atom. The number of hydrogen-bond acceptors (Lipinski definition) is 4. The molecule has 20 heavy (non-hydrogen) atoms. The second-order valence-electron chi connectivity index (χ2n) is 5.57. The van der Waals surface area contributed by atoms with E-state index in [-0.39, 0.29) is 11.9 Å². The van der Waals surface area contributed by atoms with Gasteiger partial charge in [-0.15, -0.1) is 0 Å². The number of rotatable bonds is 5. The molecule has 2 unspecified atom stereocenters. The van der Waals surface area contributed by atoms with Crippen molar-refractivity contribution in [3.05, 3.63) is 35.4 Å². The first kappa shape index (κ1) is 15.4. The molecule has 6 heteroatoms. The molecule has 1 aliphatic heterocycles. The molecule has 0 aromatic heterocycles. The minimum Gasteiger partial charge on any atom is -0.376 e. The summed E-state index contributed by atoms with van der Waals surface area (Å²) in [6, 6.07) is 7.35. The van der Waals surface area contributed by atoms with Crippen molar-refractivity contribution in [2.24, 2.45) is 5.73 Å². The van der Waals surface area contributed by atoms with Gasteiger partial charge in [0.2, 0.25) is 10.0 Å². The third-order valence-corrected chi connectivity index (χ3v) is 5.35. The lowest BCUT2D eigenvalue weighted by Crippen LogP contribution is -2.50. The molecule has 1 aromatic rings. The molecule has 0 amide bonds. The van der Waals surface area contributed by atoms with E-state index >= 15 is 0 Å². The SMILES string of the molecule is CC1OCCC1(C)NS(=O)(=O)Cc1cccc(CN)c1. The molecule has 0 aliphatic carbocycles. The molecule has 3 N–H and O–H groups in total. The average Bonchev–Trinajstić information content (AvgIpc) is 2.67. The van der Waals surface area contributed by atoms with Crippen LogP contribution in [0.3, 0.4) is 0 Å². The fraction of sp³-hybridized carbons (Fsp3) is 0.571. The van der Waals surface area contributed by atoms with Gasteiger partial charge < -0.3 is 10.5 Å². The maximum atomic E-state index is 12.3. The number of nitrogens with one attached hydrogen (secondary N) is 1. The molecule has 0 spiro atoms. The molecular formula is C14H22N2O3S. The summed E-state index contributed by atoms with van der Waals surface area (Å²) < 4.78 is 32.9. The van der Waals surface area contributed by atoms with Gasteiger partial charge in [0.1, 0.15) is 0 Å². The van der Waals surface area contributed by atoms with Crippen molar-refractivity contribution < 1.29 is 13.2 Å². The van der Waals surface area contributed by atoms with E-state index in [4.69, 9.17) is 10.5 Å². The summed E-state index contributed by atoms with van der Waals surface area (Å²) in [4.78, 5) is 0. The minimum atomic E-state index is -3.41. The topological polar surface area (TPSA) is 81.4 Å². The van der Waals surface area contributed by atoms with Gasteiger partial charge in [-0.25, -0.2) is 13.1 Å². The smallest absolute Gasteiger partial charge is 0.216 e. The van der Waals surface area contributed by atoms with Crippen molar-refractivity contribution in [1.29, 1.82) is 0 Å². The highest BCUT2D eigenvalue weighted by molar-refractivity contribution is 7.88. The first-order valence-corrected chi connectivity index (χ1v) is 8.41. The Morgan fingerprint density at radius 3 is 2.75 bits per heavy atom. The summed E-state index contributed by atoms with van der Waals surface area (Å²) in [6.07, 6.45) is 0.573. The Labute approximate surface area is 120 Å². The highest BCUT2D eigenvalue weighted by Crippen LogP contribution is 2.26. The molecule has 1 saturated heterocycles. The van der Waals surface area contributed by atoms with Crippen LogP contribution in [0.2, 0.25) is 0 Å². The normalized spacial score (nSPS) is 26.9. The van der Waals surface area contributed by atoms with Crippen molar-refractivity contribution in [1.82, 2.24) is 4.72 Å². The molecule has 1 heterocycles. The molecule has 1 aromatic carbocycles. The Hall–Kier alpha value is -0.950. The molecule has 2 atom stereocenters. The lowest BCUT2D eigenvalue weighted by atomic mass is 9.97. The molecule has 2 rings (SSSR count). The summed E-state index contributed by atoms with van der Waals surface area (Å²) in [5.74, 6) is -0.0385. The predicted octanol–water partition coefficient (Wildman–Crippen LogP) is 1.13. The van der Waals surface area contributed by atoms with E-state index in [2.05, 4.69) is 4.72 Å². The van der Waals surface area contributed by atoms with Gasteiger partial charge in [0.15, 0.2) is 0 Å². The number of nitrogens with two attached hydrogens (primary N) is 1. The van der Waals surface area contributed by atoms with Crippen LogP contribution in [-0.4, -0.2) is 26.7 Å². The summed E-state index contributed by atoms with van der Waals surface area (Å²) in [5, 5.41) is 0. The minimum absolute atomic E-state index is 0.0385. The molecule has 1 fully saturated rings. The van der Waals surface area contributed by atoms with E-state index < -0.39 is 15.6 Å². The van der Waals surface area contributed by atoms with E-state index in [9.17, 15) is 8.42 Å². The highest BCUT2D eigenvalue weighted by atomic mass is 32.2. The second-order valence-corrected chi connectivity index (χ2v) is 7.29. The lowest BCUT2D eigenvalue weighted by molar-refractivity contribution is 0.0957. The van der Waals surface area contributed by atoms with E-state index in [0.717, 1.165) is 11.1 Å². The summed E-state index contributed by atoms with van der Waals surface area (Å²) in [6.45, 7) is 4.77. The molecule has 0 saturated carbocycles. The van der Waals surface area contributed by atoms with Crippen LogP contribution in [0.5, 0.6) is 0 Å². The monoisotopic (exact) mass is 298 g/mol. The van der Waals surface area contributed by atoms with Gasteiger partial charge in [0.05, 0.1) is 17.4 Å². The van der Waals surface area contributed by atoms with E-state index in [1.807, 2.05) is 32.0 Å². The van der Waals surface area contributed by atoms with Crippen LogP contribution in [-0.2, 0) is 27.1 Å². The lowest BCUT2D eigenvalue weighted by Gasteiger charge is -2.28. The van der Waals surface area contributed by atoms with Gasteiger partial charge in [-0.05, 0) is 31.4 Å². The summed E-state index contributed by atoms with van der Waals surface area (Å²) in [5.41, 5.74) is 6.73. The van der Waals surface area contributed by atoms with Crippen LogP contribution >= 0.6 is 0 Å². The average molecular weight is 298 g/mol. The van der Waals surface area contributed by atoms with Crippen LogP contribution in [0, 0.1) is 0 Å². The maximum Gasteiger partial charge on any atom is 0.216 e. The fourth-order valence-corrected chi connectivity index (χ4v) is 4.10. The van der Waals surface area contributed by atoms with Gasteiger partial charge in [-0.1, -0.05) is 24.3 Å². The zero-order chi connectivity index (χ0) is 14.8. The van der Waals surface area contributed by atoms with Crippen LogP contribution in [0.15, 0.2) is 24.3 Å². The third-order valence-electron chi connectivity index (χ3n) is 3.86. The fourth-order valence-electron chi connectivity index (χ4n) is 2.43. The van der Waals surface area contributed by atoms with Gasteiger partial charge in [-0.3, -0.25) is 0 Å². The Kier molecular flexibility index (Phi) is 4.49. The molecule has 112 valence electrons. The van der Waals surface area contributed by atoms with Gasteiger partial charge in [0.25, 0.3) is 0 Å². The van der Waals surface area contributed by atoms with Crippen LogP contribution in [0.25, 0.3) is 0 Å². The van der Waals surface area contributed by atoms with Crippen molar-refractivity contribution in [2.45, 2.75) is 44.2 Å². The van der Waals surface area contributed by atoms with Gasteiger partial charge >= 0.3 is 0 Å². The van der Waals surface area contributed by atoms with Crippen molar-refractivity contribution >= 4 is 10.0 Å². The van der Waals surface area contributed by atoms with Crippen LogP contribution < -0.4 is 10.5 Å². The maximum absolute atomic E-state index is 12.3. The van der Waals surface area contributed by atoms with Crippen LogP contribution in [0.1, 0.15) is 31.4 Å². The Morgan fingerprint density at radius 1 is 1.45 bits per heavy atom. The molecule has 1 aliphatic rings. The Balaban J connectivity index is 2.11. The first-order chi connectivity index (χ1) is 9.35. The zero-order valence-electron chi connectivity index (χ0n) is 11.9. The molecular weight excluding hydrogens is 276 g/mol. The number of benzene rings is 1. The van der Waals surface area contributed by atoms with Gasteiger partial charge in [0, 0.05) is 13.2 Å². The van der Waals surface area contributed by atoms with Gasteiger partial charge in [-0.2, -0.15) is 0 Å². The summed E-state index contributed by atoms with van der Waals surface area (Å²) >= 11 is 0. The summed E-state index contributed by atoms with van der Waals surface area (Å²) in [7, 11) is -3.41. The highest BCUT2D eigenvalue weighted by Gasteiger charge is 2.40. The van der Waals surface area contributed by atoms with E-state index in [1.165, 1.54) is 0 Å². The zero-order valence-corrected chi connectivity index (χ0v) is 12.7. The predicted molar refractivity (Wildman–Crippen MR) is 78.5 cm³/mol. The van der Waals surface area contributed by atoms with E-state index in [0.29, 0.717) is 19.6 Å². The third kappa shape index (κ3) is 3.58. The molecule has 5 nitrogen and oxygen atoms in total. The van der Waals surface area contributed by atoms with Crippen molar-refractivity contribution in [3.8, 4) is 0 Å². The first-order valence-electron chi connectivity index (χ1n) is 6.76. The molecule has 0 bridgehead atoms. The van der Waals surface area contributed by atoms with E-state index in [1.54, 1.807) is 6.07 Å². The standard InChI is InChI=1S/C14H22N2O3S/c1-11-14(2,6-7-19-11)16-20(17,18)10-13-5-3-4-12(8-13)9-15/h3-5,8,11,16H,6-7,9-10,15H2,1-2H3. The number of hydrogen-bond donors (Lipinski definition) is 2. The largest absolute Gasteiger partial charge is 0.376 e. The quantitative estimate of drug-likeness (QED) is 0.854. The number of ether oxygens (including phenoxy) is 1. The molecule has 0 radical (unpaired) electrons. The number of sulfonamides is 1. The van der Waals surface area contributed by atoms with Crippen LogP contribution in [0.4, 0.5) is 0 Å².